The minimum atomic E-state index is -0.307. The third-order valence-electron chi connectivity index (χ3n) is 3.59. The fraction of sp³-hybridized carbons (Fsp3) is 0.250. The topological polar surface area (TPSA) is 35.2 Å². The Hall–Kier alpha value is -2.03. The number of hydrogen-bond acceptors (Lipinski definition) is 2. The highest BCUT2D eigenvalue weighted by molar-refractivity contribution is 5.56. The largest absolute Gasteiger partial charge is 0.455 e. The Balaban J connectivity index is 1.91. The first-order valence-corrected chi connectivity index (χ1v) is 6.49. The number of nitrogens with two attached hydrogens (primary N) is 1. The maximum Gasteiger partial charge on any atom is 0.150 e. The highest BCUT2D eigenvalue weighted by Crippen LogP contribution is 2.32. The second-order valence-electron chi connectivity index (χ2n) is 5.03. The number of aryl methyl sites for hydroxylation is 3. The summed E-state index contributed by atoms with van der Waals surface area (Å²) in [6.45, 7) is 1.70. The highest BCUT2D eigenvalue weighted by atomic mass is 19.1. The number of benzene rings is 2. The molecule has 0 aliphatic heterocycles. The Bertz CT molecular complexity index is 637. The van der Waals surface area contributed by atoms with Gasteiger partial charge in [0, 0.05) is 6.07 Å². The number of fused-ring (bicyclic) bond motifs is 1. The molecule has 2 aromatic rings. The van der Waals surface area contributed by atoms with E-state index < -0.39 is 0 Å². The molecule has 0 spiro atoms. The first kappa shape index (κ1) is 12.0. The molecule has 0 atom stereocenters. The van der Waals surface area contributed by atoms with Gasteiger partial charge >= 0.3 is 0 Å². The molecule has 0 fully saturated rings. The van der Waals surface area contributed by atoms with Crippen LogP contribution in [0.25, 0.3) is 0 Å². The summed E-state index contributed by atoms with van der Waals surface area (Å²) in [7, 11) is 0. The van der Waals surface area contributed by atoms with Gasteiger partial charge in [-0.3, -0.25) is 0 Å². The van der Waals surface area contributed by atoms with E-state index in [1.165, 1.54) is 23.6 Å². The minimum absolute atomic E-state index is 0.307. The molecule has 2 nitrogen and oxygen atoms in total. The van der Waals surface area contributed by atoms with Crippen molar-refractivity contribution >= 4 is 5.69 Å². The number of ether oxygens (including phenoxy) is 1. The molecule has 0 unspecified atom stereocenters. The van der Waals surface area contributed by atoms with Crippen molar-refractivity contribution in [1.29, 1.82) is 0 Å². The lowest BCUT2D eigenvalue weighted by Crippen LogP contribution is -1.95. The second kappa shape index (κ2) is 4.57. The molecule has 98 valence electrons. The van der Waals surface area contributed by atoms with Gasteiger partial charge in [0.15, 0.2) is 5.75 Å². The predicted octanol–water partition coefficient (Wildman–Crippen LogP) is 4.00. The average Bonchev–Trinajstić information content (AvgIpc) is 2.83. The Labute approximate surface area is 112 Å². The van der Waals surface area contributed by atoms with E-state index in [0.29, 0.717) is 17.0 Å². The lowest BCUT2D eigenvalue weighted by atomic mass is 10.1. The van der Waals surface area contributed by atoms with Gasteiger partial charge in [0.25, 0.3) is 0 Å². The van der Waals surface area contributed by atoms with Crippen LogP contribution in [0.3, 0.4) is 0 Å². The molecule has 19 heavy (non-hydrogen) atoms. The number of hydrogen-bond donors (Lipinski definition) is 1. The monoisotopic (exact) mass is 257 g/mol. The van der Waals surface area contributed by atoms with E-state index in [4.69, 9.17) is 10.5 Å². The van der Waals surface area contributed by atoms with E-state index in [9.17, 15) is 4.39 Å². The summed E-state index contributed by atoms with van der Waals surface area (Å²) in [5.74, 6) is 0.967. The molecule has 0 bridgehead atoms. The van der Waals surface area contributed by atoms with Gasteiger partial charge in [0.2, 0.25) is 0 Å². The fourth-order valence-electron chi connectivity index (χ4n) is 2.50. The number of anilines is 1. The van der Waals surface area contributed by atoms with Gasteiger partial charge in [-0.25, -0.2) is 4.39 Å². The quantitative estimate of drug-likeness (QED) is 0.825. The molecule has 0 saturated heterocycles. The molecular formula is C16H16FNO. The summed E-state index contributed by atoms with van der Waals surface area (Å²) in [5.41, 5.74) is 9.38. The zero-order valence-electron chi connectivity index (χ0n) is 10.9. The molecule has 0 amide bonds. The third kappa shape index (κ3) is 2.28. The van der Waals surface area contributed by atoms with Gasteiger partial charge in [0.1, 0.15) is 11.6 Å². The molecule has 2 aromatic carbocycles. The van der Waals surface area contributed by atoms with E-state index in [1.807, 2.05) is 6.07 Å². The van der Waals surface area contributed by atoms with E-state index in [2.05, 4.69) is 12.1 Å². The molecule has 1 aliphatic rings. The van der Waals surface area contributed by atoms with Gasteiger partial charge in [-0.2, -0.15) is 0 Å². The van der Waals surface area contributed by atoms with Crippen molar-refractivity contribution in [2.45, 2.75) is 26.2 Å². The first-order valence-electron chi connectivity index (χ1n) is 6.49. The lowest BCUT2D eigenvalue weighted by molar-refractivity contribution is 0.481. The molecule has 0 saturated carbocycles. The summed E-state index contributed by atoms with van der Waals surface area (Å²) >= 11 is 0. The van der Waals surface area contributed by atoms with Crippen LogP contribution < -0.4 is 10.5 Å². The van der Waals surface area contributed by atoms with E-state index in [1.54, 1.807) is 13.0 Å². The normalized spacial score (nSPS) is 13.4. The molecule has 0 radical (unpaired) electrons. The zero-order valence-corrected chi connectivity index (χ0v) is 10.9. The lowest BCUT2D eigenvalue weighted by Gasteiger charge is -2.11. The van der Waals surface area contributed by atoms with Gasteiger partial charge in [-0.15, -0.1) is 0 Å². The van der Waals surface area contributed by atoms with Crippen molar-refractivity contribution in [3.63, 3.8) is 0 Å². The SMILES string of the molecule is Cc1cc(Oc2ccc3c(c2)CCC3)c(N)cc1F. The van der Waals surface area contributed by atoms with Crippen molar-refractivity contribution in [3.05, 3.63) is 52.8 Å². The fourth-order valence-corrected chi connectivity index (χ4v) is 2.50. The zero-order chi connectivity index (χ0) is 13.4. The van der Waals surface area contributed by atoms with Crippen LogP contribution in [0.15, 0.2) is 30.3 Å². The van der Waals surface area contributed by atoms with Crippen LogP contribution in [0, 0.1) is 12.7 Å². The minimum Gasteiger partial charge on any atom is -0.455 e. The maximum absolute atomic E-state index is 13.3. The van der Waals surface area contributed by atoms with E-state index >= 15 is 0 Å². The third-order valence-corrected chi connectivity index (χ3v) is 3.59. The smallest absolute Gasteiger partial charge is 0.150 e. The summed E-state index contributed by atoms with van der Waals surface area (Å²) in [5, 5.41) is 0. The van der Waals surface area contributed by atoms with Crippen molar-refractivity contribution in [2.75, 3.05) is 5.73 Å². The van der Waals surface area contributed by atoms with Crippen molar-refractivity contribution in [1.82, 2.24) is 0 Å². The molecule has 0 aromatic heterocycles. The molecule has 3 rings (SSSR count). The molecule has 0 heterocycles. The van der Waals surface area contributed by atoms with Crippen LogP contribution in [-0.2, 0) is 12.8 Å². The Morgan fingerprint density at radius 1 is 1.11 bits per heavy atom. The maximum atomic E-state index is 13.3. The van der Waals surface area contributed by atoms with Crippen LogP contribution in [0.4, 0.5) is 10.1 Å². The summed E-state index contributed by atoms with van der Waals surface area (Å²) in [6, 6.07) is 9.04. The average molecular weight is 257 g/mol. The summed E-state index contributed by atoms with van der Waals surface area (Å²) in [4.78, 5) is 0. The number of rotatable bonds is 2. The van der Waals surface area contributed by atoms with Gasteiger partial charge < -0.3 is 10.5 Å². The molecular weight excluding hydrogens is 241 g/mol. The molecule has 1 aliphatic carbocycles. The molecule has 2 N–H and O–H groups in total. The van der Waals surface area contributed by atoms with Crippen LogP contribution in [-0.4, -0.2) is 0 Å². The van der Waals surface area contributed by atoms with E-state index in [-0.39, 0.29) is 5.82 Å². The van der Waals surface area contributed by atoms with Gasteiger partial charge in [-0.1, -0.05) is 6.07 Å². The Kier molecular flexibility index (Phi) is 2.90. The van der Waals surface area contributed by atoms with Crippen LogP contribution in [0.1, 0.15) is 23.1 Å². The van der Waals surface area contributed by atoms with Crippen molar-refractivity contribution in [3.8, 4) is 11.5 Å². The second-order valence-corrected chi connectivity index (χ2v) is 5.03. The summed E-state index contributed by atoms with van der Waals surface area (Å²) in [6.07, 6.45) is 3.45. The van der Waals surface area contributed by atoms with Crippen LogP contribution >= 0.6 is 0 Å². The van der Waals surface area contributed by atoms with Crippen molar-refractivity contribution in [2.24, 2.45) is 0 Å². The van der Waals surface area contributed by atoms with Crippen LogP contribution in [0.2, 0.25) is 0 Å². The number of halogens is 1. The summed E-state index contributed by atoms with van der Waals surface area (Å²) < 4.78 is 19.1. The van der Waals surface area contributed by atoms with Gasteiger partial charge in [0.05, 0.1) is 5.69 Å². The standard InChI is InChI=1S/C16H16FNO/c1-10-7-16(15(18)9-14(10)17)19-13-6-5-11-3-2-4-12(11)8-13/h5-9H,2-4,18H2,1H3. The van der Waals surface area contributed by atoms with E-state index in [0.717, 1.165) is 18.6 Å². The van der Waals surface area contributed by atoms with Gasteiger partial charge in [-0.05, 0) is 61.1 Å². The highest BCUT2D eigenvalue weighted by Gasteiger charge is 2.12. The number of nitrogen functional groups attached to an aromatic ring is 1. The van der Waals surface area contributed by atoms with Crippen molar-refractivity contribution < 1.29 is 9.13 Å². The first-order chi connectivity index (χ1) is 9.13. The molecule has 3 heteroatoms. The van der Waals surface area contributed by atoms with Crippen LogP contribution in [0.5, 0.6) is 11.5 Å². The predicted molar refractivity (Wildman–Crippen MR) is 74.1 cm³/mol. The Morgan fingerprint density at radius 2 is 1.89 bits per heavy atom. The Morgan fingerprint density at radius 3 is 2.74 bits per heavy atom.